The Morgan fingerprint density at radius 1 is 1.30 bits per heavy atom. The Labute approximate surface area is 179 Å². The van der Waals surface area contributed by atoms with Crippen LogP contribution < -0.4 is 10.3 Å². The first-order chi connectivity index (χ1) is 14.5. The third kappa shape index (κ3) is 6.04. The van der Waals surface area contributed by atoms with E-state index in [1.807, 2.05) is 37.3 Å². The topological polar surface area (TPSA) is 97.1 Å². The van der Waals surface area contributed by atoms with Crippen molar-refractivity contribution in [2.45, 2.75) is 17.9 Å². The minimum atomic E-state index is -0.443. The number of carbonyl (C=O) groups excluding carboxylic acids is 1. The fraction of sp³-hybridized carbons (Fsp3) is 0.333. The molecule has 1 N–H and O–H groups in total. The van der Waals surface area contributed by atoms with E-state index in [2.05, 4.69) is 15.4 Å². The number of amides is 1. The highest BCUT2D eigenvalue weighted by Gasteiger charge is 2.17. The maximum atomic E-state index is 12.3. The molecule has 8 nitrogen and oxygen atoms in total. The summed E-state index contributed by atoms with van der Waals surface area (Å²) in [6, 6.07) is 14.6. The Kier molecular flexibility index (Phi) is 7.81. The average molecular weight is 429 g/mol. The zero-order valence-corrected chi connectivity index (χ0v) is 17.5. The first kappa shape index (κ1) is 21.8. The largest absolute Gasteiger partial charge is 0.378 e. The Morgan fingerprint density at radius 3 is 2.73 bits per heavy atom. The number of rotatable bonds is 8. The molecule has 0 bridgehead atoms. The van der Waals surface area contributed by atoms with Gasteiger partial charge in [0.15, 0.2) is 0 Å². The van der Waals surface area contributed by atoms with Gasteiger partial charge in [0.2, 0.25) is 0 Å². The lowest BCUT2D eigenvalue weighted by atomic mass is 10.1. The predicted octanol–water partition coefficient (Wildman–Crippen LogP) is 3.20. The monoisotopic (exact) mass is 428 g/mol. The fourth-order valence-electron chi connectivity index (χ4n) is 2.98. The summed E-state index contributed by atoms with van der Waals surface area (Å²) >= 11 is 1.52. The van der Waals surface area contributed by atoms with Crippen molar-refractivity contribution >= 4 is 35.3 Å². The highest BCUT2D eigenvalue weighted by atomic mass is 32.2. The van der Waals surface area contributed by atoms with Crippen molar-refractivity contribution in [3.63, 3.8) is 0 Å². The smallest absolute Gasteiger partial charge is 0.270 e. The molecule has 1 amide bonds. The second-order valence-corrected chi connectivity index (χ2v) is 8.10. The SMILES string of the molecule is CC(SCc1ccccc1)C(=O)N/N=C/c1cc([N+](=O)[O-])ccc1N1CCOCC1. The summed E-state index contributed by atoms with van der Waals surface area (Å²) in [5, 5.41) is 14.9. The van der Waals surface area contributed by atoms with Gasteiger partial charge < -0.3 is 9.64 Å². The molecule has 1 heterocycles. The summed E-state index contributed by atoms with van der Waals surface area (Å²) < 4.78 is 5.37. The minimum absolute atomic E-state index is 0.0217. The zero-order chi connectivity index (χ0) is 21.3. The van der Waals surface area contributed by atoms with E-state index >= 15 is 0 Å². The van der Waals surface area contributed by atoms with Crippen LogP contribution >= 0.6 is 11.8 Å². The molecule has 2 aromatic rings. The molecular formula is C21H24N4O4S. The van der Waals surface area contributed by atoms with E-state index in [1.54, 1.807) is 6.07 Å². The molecule has 1 aliphatic rings. The number of carbonyl (C=O) groups is 1. The third-order valence-corrected chi connectivity index (χ3v) is 5.88. The number of nitrogens with zero attached hydrogens (tertiary/aromatic N) is 3. The van der Waals surface area contributed by atoms with Crippen molar-refractivity contribution in [3.8, 4) is 0 Å². The molecule has 0 spiro atoms. The second-order valence-electron chi connectivity index (χ2n) is 6.77. The number of nitro groups is 1. The van der Waals surface area contributed by atoms with Gasteiger partial charge in [0.25, 0.3) is 11.6 Å². The van der Waals surface area contributed by atoms with E-state index < -0.39 is 4.92 Å². The quantitative estimate of drug-likeness (QED) is 0.394. The van der Waals surface area contributed by atoms with Crippen LogP contribution in [-0.4, -0.2) is 48.6 Å². The molecule has 1 saturated heterocycles. The van der Waals surface area contributed by atoms with Crippen LogP contribution in [0.2, 0.25) is 0 Å². The molecule has 1 unspecified atom stereocenters. The third-order valence-electron chi connectivity index (χ3n) is 4.66. The summed E-state index contributed by atoms with van der Waals surface area (Å²) in [5.74, 6) is 0.510. The molecule has 2 aromatic carbocycles. The van der Waals surface area contributed by atoms with Gasteiger partial charge in [-0.05, 0) is 18.6 Å². The van der Waals surface area contributed by atoms with Crippen molar-refractivity contribution in [1.82, 2.24) is 5.43 Å². The molecule has 9 heteroatoms. The van der Waals surface area contributed by atoms with Crippen molar-refractivity contribution in [3.05, 3.63) is 69.8 Å². The van der Waals surface area contributed by atoms with Gasteiger partial charge in [-0.15, -0.1) is 11.8 Å². The molecule has 0 aliphatic carbocycles. The lowest BCUT2D eigenvalue weighted by Crippen LogP contribution is -2.36. The standard InChI is InChI=1S/C21H24N4O4S/c1-16(30-15-17-5-3-2-4-6-17)21(26)23-22-14-18-13-19(25(27)28)7-8-20(18)24-9-11-29-12-10-24/h2-8,13-14,16H,9-12,15H2,1H3,(H,23,26)/b22-14+. The van der Waals surface area contributed by atoms with Crippen LogP contribution in [0.4, 0.5) is 11.4 Å². The number of nitro benzene ring substituents is 1. The van der Waals surface area contributed by atoms with Gasteiger partial charge in [0, 0.05) is 42.2 Å². The highest BCUT2D eigenvalue weighted by molar-refractivity contribution is 7.99. The predicted molar refractivity (Wildman–Crippen MR) is 119 cm³/mol. The molecular weight excluding hydrogens is 404 g/mol. The lowest BCUT2D eigenvalue weighted by molar-refractivity contribution is -0.384. The van der Waals surface area contributed by atoms with Crippen molar-refractivity contribution in [2.75, 3.05) is 31.2 Å². The van der Waals surface area contributed by atoms with E-state index in [4.69, 9.17) is 4.74 Å². The molecule has 0 aromatic heterocycles. The van der Waals surface area contributed by atoms with Crippen LogP contribution in [0.15, 0.2) is 53.6 Å². The number of hydrazone groups is 1. The Bertz CT molecular complexity index is 901. The van der Waals surface area contributed by atoms with Gasteiger partial charge in [0.1, 0.15) is 0 Å². The fourth-order valence-corrected chi connectivity index (χ4v) is 3.82. The van der Waals surface area contributed by atoms with Gasteiger partial charge in [-0.3, -0.25) is 14.9 Å². The Hall–Kier alpha value is -2.91. The van der Waals surface area contributed by atoms with Crippen LogP contribution in [0.5, 0.6) is 0 Å². The van der Waals surface area contributed by atoms with Crippen molar-refractivity contribution in [1.29, 1.82) is 0 Å². The molecule has 1 aliphatic heterocycles. The number of ether oxygens (including phenoxy) is 1. The van der Waals surface area contributed by atoms with Crippen LogP contribution in [0.3, 0.4) is 0 Å². The van der Waals surface area contributed by atoms with E-state index in [0.717, 1.165) is 17.0 Å². The molecule has 0 saturated carbocycles. The normalized spacial score (nSPS) is 15.2. The summed E-state index contributed by atoms with van der Waals surface area (Å²) in [4.78, 5) is 25.1. The number of hydrogen-bond donors (Lipinski definition) is 1. The van der Waals surface area contributed by atoms with Gasteiger partial charge in [0.05, 0.1) is 29.6 Å². The Morgan fingerprint density at radius 2 is 2.03 bits per heavy atom. The van der Waals surface area contributed by atoms with Crippen LogP contribution in [0, 0.1) is 10.1 Å². The van der Waals surface area contributed by atoms with E-state index in [-0.39, 0.29) is 16.8 Å². The first-order valence-electron chi connectivity index (χ1n) is 9.64. The molecule has 3 rings (SSSR count). The van der Waals surface area contributed by atoms with Gasteiger partial charge >= 0.3 is 0 Å². The molecule has 1 atom stereocenters. The Balaban J connectivity index is 1.64. The van der Waals surface area contributed by atoms with Crippen molar-refractivity contribution in [2.24, 2.45) is 5.10 Å². The minimum Gasteiger partial charge on any atom is -0.378 e. The maximum absolute atomic E-state index is 12.3. The molecule has 30 heavy (non-hydrogen) atoms. The summed E-state index contributed by atoms with van der Waals surface area (Å²) in [6.07, 6.45) is 1.46. The van der Waals surface area contributed by atoms with Crippen molar-refractivity contribution < 1.29 is 14.5 Å². The number of morpholine rings is 1. The van der Waals surface area contributed by atoms with Crippen LogP contribution in [0.1, 0.15) is 18.1 Å². The average Bonchev–Trinajstić information content (AvgIpc) is 2.78. The number of hydrogen-bond acceptors (Lipinski definition) is 7. The van der Waals surface area contributed by atoms with E-state index in [0.29, 0.717) is 31.9 Å². The van der Waals surface area contributed by atoms with Crippen LogP contribution in [0.25, 0.3) is 0 Å². The summed E-state index contributed by atoms with van der Waals surface area (Å²) in [6.45, 7) is 4.40. The van der Waals surface area contributed by atoms with Gasteiger partial charge in [-0.25, -0.2) is 5.43 Å². The zero-order valence-electron chi connectivity index (χ0n) is 16.7. The number of benzene rings is 2. The maximum Gasteiger partial charge on any atom is 0.270 e. The van der Waals surface area contributed by atoms with Gasteiger partial charge in [-0.2, -0.15) is 5.10 Å². The molecule has 158 valence electrons. The van der Waals surface area contributed by atoms with E-state index in [1.165, 1.54) is 30.1 Å². The van der Waals surface area contributed by atoms with E-state index in [9.17, 15) is 14.9 Å². The number of non-ortho nitro benzene ring substituents is 1. The lowest BCUT2D eigenvalue weighted by Gasteiger charge is -2.29. The van der Waals surface area contributed by atoms with Gasteiger partial charge in [-0.1, -0.05) is 30.3 Å². The number of nitrogens with one attached hydrogen (secondary N) is 1. The molecule has 1 fully saturated rings. The highest BCUT2D eigenvalue weighted by Crippen LogP contribution is 2.25. The molecule has 0 radical (unpaired) electrons. The first-order valence-corrected chi connectivity index (χ1v) is 10.7. The second kappa shape index (κ2) is 10.7. The van der Waals surface area contributed by atoms with Crippen LogP contribution in [-0.2, 0) is 15.3 Å². The summed E-state index contributed by atoms with van der Waals surface area (Å²) in [5.41, 5.74) is 5.08. The number of anilines is 1. The summed E-state index contributed by atoms with van der Waals surface area (Å²) in [7, 11) is 0. The number of thioether (sulfide) groups is 1.